The van der Waals surface area contributed by atoms with Crippen LogP contribution in [0.3, 0.4) is 0 Å². The van der Waals surface area contributed by atoms with Crippen LogP contribution in [0.5, 0.6) is 11.5 Å². The molecule has 3 aliphatic rings. The molecule has 1 saturated carbocycles. The fraction of sp³-hybridized carbons (Fsp3) is 0.690. The zero-order valence-corrected chi connectivity index (χ0v) is 34.6. The summed E-state index contributed by atoms with van der Waals surface area (Å²) in [6, 6.07) is 4.20. The number of ether oxygens (including phenoxy) is 6. The molecule has 2 fully saturated rings. The Bertz CT molecular complexity index is 1760. The van der Waals surface area contributed by atoms with Crippen molar-refractivity contribution in [2.24, 2.45) is 11.3 Å². The number of carbonyl (C=O) groups is 4. The lowest BCUT2D eigenvalue weighted by Gasteiger charge is -2.37. The predicted octanol–water partition coefficient (Wildman–Crippen LogP) is 7.46. The third-order valence-corrected chi connectivity index (χ3v) is 10.3. The molecular formula is C42H61N3O10. The normalized spacial score (nSPS) is 22.7. The van der Waals surface area contributed by atoms with Crippen LogP contribution >= 0.6 is 0 Å². The minimum atomic E-state index is -0.835. The number of esters is 2. The molecule has 1 aliphatic carbocycles. The molecule has 2 aliphatic heterocycles. The number of amides is 2. The van der Waals surface area contributed by atoms with Crippen molar-refractivity contribution in [1.29, 1.82) is 0 Å². The number of hydrogen-bond acceptors (Lipinski definition) is 11. The molecule has 0 unspecified atom stereocenters. The van der Waals surface area contributed by atoms with Gasteiger partial charge in [-0.1, -0.05) is 33.6 Å². The first-order valence-electron chi connectivity index (χ1n) is 19.6. The summed E-state index contributed by atoms with van der Waals surface area (Å²) in [6.45, 7) is 16.6. The first kappa shape index (κ1) is 41.9. The summed E-state index contributed by atoms with van der Waals surface area (Å²) in [7, 11) is 2.96. The molecule has 1 N–H and O–H groups in total. The van der Waals surface area contributed by atoms with Gasteiger partial charge in [-0.25, -0.2) is 24.2 Å². The number of carbonyl (C=O) groups excluding carboxylic acids is 4. The minimum Gasteiger partial charge on any atom is -0.497 e. The highest BCUT2D eigenvalue weighted by Gasteiger charge is 2.54. The lowest BCUT2D eigenvalue weighted by Crippen LogP contribution is -2.51. The standard InChI is InChI=1S/C42H61N3O10/c1-39(2,3)34(36(47)54-40(4,5)6)44-37(48)52-32-21-25(32)15-13-12-14-16-30-33-27(28-22-26(50-10)17-18-29(28)43-30)19-20-42(53-33)23-31(35(46)51-11)45(24-42)38(49)55-41(7,8)9/h17-18,22,25,31-32,34H,12-16,19-21,23-24H2,1-11H3,(H,44,48)/t25-,31+,32-,34-,42-/m1/s1. The molecule has 1 spiro atoms. The highest BCUT2D eigenvalue weighted by Crippen LogP contribution is 2.46. The molecule has 5 atom stereocenters. The maximum atomic E-state index is 13.3. The largest absolute Gasteiger partial charge is 0.497 e. The molecule has 55 heavy (non-hydrogen) atoms. The molecule has 1 aromatic heterocycles. The van der Waals surface area contributed by atoms with E-state index in [9.17, 15) is 19.2 Å². The Morgan fingerprint density at radius 2 is 1.69 bits per heavy atom. The number of hydrogen-bond donors (Lipinski definition) is 1. The van der Waals surface area contributed by atoms with Gasteiger partial charge in [0.1, 0.15) is 46.5 Å². The van der Waals surface area contributed by atoms with Gasteiger partial charge in [0.15, 0.2) is 0 Å². The number of nitrogens with zero attached hydrogens (tertiary/aromatic N) is 2. The van der Waals surface area contributed by atoms with Crippen LogP contribution in [0.25, 0.3) is 10.9 Å². The fourth-order valence-electron chi connectivity index (χ4n) is 7.52. The van der Waals surface area contributed by atoms with Crippen LogP contribution in [0.15, 0.2) is 18.2 Å². The second-order valence-corrected chi connectivity index (χ2v) is 18.4. The van der Waals surface area contributed by atoms with E-state index in [1.165, 1.54) is 12.0 Å². The van der Waals surface area contributed by atoms with Crippen molar-refractivity contribution in [3.05, 3.63) is 29.5 Å². The number of rotatable bonds is 11. The second-order valence-electron chi connectivity index (χ2n) is 18.4. The zero-order valence-electron chi connectivity index (χ0n) is 34.6. The molecule has 2 amide bonds. The number of aromatic nitrogens is 1. The first-order valence-corrected chi connectivity index (χ1v) is 19.6. The molecule has 3 heterocycles. The molecule has 13 nitrogen and oxygen atoms in total. The molecule has 0 bridgehead atoms. The lowest BCUT2D eigenvalue weighted by molar-refractivity contribution is -0.160. The average Bonchev–Trinajstić information content (AvgIpc) is 3.71. The van der Waals surface area contributed by atoms with Crippen LogP contribution in [-0.2, 0) is 41.4 Å². The van der Waals surface area contributed by atoms with E-state index in [0.29, 0.717) is 25.0 Å². The molecule has 0 radical (unpaired) electrons. The fourth-order valence-corrected chi connectivity index (χ4v) is 7.52. The van der Waals surface area contributed by atoms with E-state index in [1.807, 2.05) is 39.0 Å². The van der Waals surface area contributed by atoms with Crippen molar-refractivity contribution in [3.8, 4) is 11.5 Å². The Hall–Kier alpha value is -4.29. The van der Waals surface area contributed by atoms with Crippen LogP contribution in [0.1, 0.15) is 119 Å². The Labute approximate surface area is 325 Å². The van der Waals surface area contributed by atoms with Crippen LogP contribution in [0, 0.1) is 11.3 Å². The van der Waals surface area contributed by atoms with Gasteiger partial charge >= 0.3 is 24.1 Å². The van der Waals surface area contributed by atoms with Gasteiger partial charge in [-0.15, -0.1) is 0 Å². The van der Waals surface area contributed by atoms with Gasteiger partial charge < -0.3 is 33.7 Å². The maximum Gasteiger partial charge on any atom is 0.411 e. The lowest BCUT2D eigenvalue weighted by atomic mass is 9.86. The summed E-state index contributed by atoms with van der Waals surface area (Å²) < 4.78 is 34.5. The minimum absolute atomic E-state index is 0.171. The molecule has 5 rings (SSSR count). The number of unbranched alkanes of at least 4 members (excludes halogenated alkanes) is 2. The molecule has 1 saturated heterocycles. The van der Waals surface area contributed by atoms with Gasteiger partial charge in [0.2, 0.25) is 0 Å². The second kappa shape index (κ2) is 16.1. The van der Waals surface area contributed by atoms with Gasteiger partial charge in [-0.05, 0) is 110 Å². The Balaban J connectivity index is 1.22. The maximum absolute atomic E-state index is 13.3. The number of pyridine rings is 1. The highest BCUT2D eigenvalue weighted by molar-refractivity contribution is 5.87. The van der Waals surface area contributed by atoms with E-state index in [1.54, 1.807) is 48.7 Å². The predicted molar refractivity (Wildman–Crippen MR) is 206 cm³/mol. The van der Waals surface area contributed by atoms with E-state index in [0.717, 1.165) is 60.0 Å². The highest BCUT2D eigenvalue weighted by atomic mass is 16.6. The SMILES string of the molecule is COC(=O)[C@@H]1C[C@]2(CCc3c(c(CCCCC[C@@H]4C[C@H]4OC(=O)N[C@H](C(=O)OC(C)(C)C)C(C)(C)C)nc4ccc(OC)cc34)O2)CN1C(=O)OC(C)(C)C. The van der Waals surface area contributed by atoms with E-state index in [2.05, 4.69) is 5.32 Å². The van der Waals surface area contributed by atoms with Crippen molar-refractivity contribution in [2.75, 3.05) is 20.8 Å². The van der Waals surface area contributed by atoms with Crippen molar-refractivity contribution >= 4 is 35.0 Å². The summed E-state index contributed by atoms with van der Waals surface area (Å²) >= 11 is 0. The number of methoxy groups -OCH3 is 2. The monoisotopic (exact) mass is 767 g/mol. The van der Waals surface area contributed by atoms with Crippen molar-refractivity contribution in [1.82, 2.24) is 15.2 Å². The van der Waals surface area contributed by atoms with E-state index < -0.39 is 58.4 Å². The van der Waals surface area contributed by atoms with Gasteiger partial charge in [0, 0.05) is 17.4 Å². The van der Waals surface area contributed by atoms with Gasteiger partial charge in [-0.2, -0.15) is 0 Å². The number of nitrogens with one attached hydrogen (secondary N) is 1. The summed E-state index contributed by atoms with van der Waals surface area (Å²) in [6.07, 6.45) is 5.39. The van der Waals surface area contributed by atoms with Crippen molar-refractivity contribution in [3.63, 3.8) is 0 Å². The average molecular weight is 768 g/mol. The molecule has 13 heteroatoms. The van der Waals surface area contributed by atoms with E-state index in [4.69, 9.17) is 33.4 Å². The summed E-state index contributed by atoms with van der Waals surface area (Å²) in [5.74, 6) is 0.733. The first-order chi connectivity index (χ1) is 25.6. The van der Waals surface area contributed by atoms with Crippen LogP contribution in [-0.4, -0.2) is 89.8 Å². The quantitative estimate of drug-likeness (QED) is 0.138. The number of likely N-dealkylation sites (tertiary alicyclic amines) is 1. The Morgan fingerprint density at radius 1 is 0.982 bits per heavy atom. The summed E-state index contributed by atoms with van der Waals surface area (Å²) in [4.78, 5) is 58.4. The molecule has 1 aromatic carbocycles. The van der Waals surface area contributed by atoms with Crippen LogP contribution in [0.2, 0.25) is 0 Å². The van der Waals surface area contributed by atoms with Crippen LogP contribution < -0.4 is 14.8 Å². The third-order valence-electron chi connectivity index (χ3n) is 10.3. The number of alkyl carbamates (subject to hydrolysis) is 1. The van der Waals surface area contributed by atoms with Crippen molar-refractivity contribution < 1.29 is 47.6 Å². The summed E-state index contributed by atoms with van der Waals surface area (Å²) in [5, 5.41) is 3.71. The molecular weight excluding hydrogens is 706 g/mol. The Kier molecular flexibility index (Phi) is 12.2. The molecule has 304 valence electrons. The van der Waals surface area contributed by atoms with Crippen molar-refractivity contribution in [2.45, 2.75) is 155 Å². The van der Waals surface area contributed by atoms with E-state index >= 15 is 0 Å². The van der Waals surface area contributed by atoms with Crippen LogP contribution in [0.4, 0.5) is 9.59 Å². The smallest absolute Gasteiger partial charge is 0.411 e. The third kappa shape index (κ3) is 10.5. The Morgan fingerprint density at radius 3 is 2.33 bits per heavy atom. The number of aryl methyl sites for hydroxylation is 2. The topological polar surface area (TPSA) is 152 Å². The van der Waals surface area contributed by atoms with Gasteiger partial charge in [-0.3, -0.25) is 4.90 Å². The van der Waals surface area contributed by atoms with Gasteiger partial charge in [0.25, 0.3) is 0 Å². The zero-order chi connectivity index (χ0) is 40.5. The number of benzene rings is 1. The molecule has 2 aromatic rings. The van der Waals surface area contributed by atoms with E-state index in [-0.39, 0.29) is 25.0 Å². The summed E-state index contributed by atoms with van der Waals surface area (Å²) in [5.41, 5.74) is -0.00348. The number of fused-ring (bicyclic) bond motifs is 3. The van der Waals surface area contributed by atoms with Gasteiger partial charge in [0.05, 0.1) is 32.0 Å².